The molecule has 7 heteroatoms. The lowest BCUT2D eigenvalue weighted by molar-refractivity contribution is -0.142. The van der Waals surface area contributed by atoms with E-state index in [1.165, 1.54) is 6.42 Å². The Morgan fingerprint density at radius 2 is 1.51 bits per heavy atom. The molecule has 0 saturated heterocycles. The van der Waals surface area contributed by atoms with Crippen molar-refractivity contribution in [2.24, 2.45) is 5.92 Å². The average Bonchev–Trinajstić information content (AvgIpc) is 3.19. The molecule has 0 bridgehead atoms. The largest absolute Gasteiger partial charge is 0.480 e. The van der Waals surface area contributed by atoms with E-state index in [9.17, 15) is 19.5 Å². The molecule has 2 aliphatic carbocycles. The number of hydrogen-bond donors (Lipinski definition) is 3. The van der Waals surface area contributed by atoms with E-state index in [1.807, 2.05) is 36.4 Å². The van der Waals surface area contributed by atoms with Crippen molar-refractivity contribution in [3.05, 3.63) is 59.7 Å². The van der Waals surface area contributed by atoms with Gasteiger partial charge in [-0.3, -0.25) is 4.79 Å². The fourth-order valence-electron chi connectivity index (χ4n) is 5.39. The molecule has 2 amide bonds. The first-order valence-corrected chi connectivity index (χ1v) is 12.6. The number of carboxylic acid groups (broad SMARTS) is 1. The molecule has 2 atom stereocenters. The Morgan fingerprint density at radius 1 is 0.914 bits per heavy atom. The number of ether oxygens (including phenoxy) is 1. The van der Waals surface area contributed by atoms with Crippen molar-refractivity contribution in [2.45, 2.75) is 69.9 Å². The van der Waals surface area contributed by atoms with Crippen LogP contribution in [0, 0.1) is 5.92 Å². The number of carbonyl (C=O) groups is 3. The summed E-state index contributed by atoms with van der Waals surface area (Å²) in [6.07, 6.45) is 5.44. The Morgan fingerprint density at radius 3 is 2.09 bits per heavy atom. The molecule has 0 spiro atoms. The van der Waals surface area contributed by atoms with E-state index < -0.39 is 30.1 Å². The Labute approximate surface area is 206 Å². The summed E-state index contributed by atoms with van der Waals surface area (Å²) in [5.74, 6) is -1.31. The van der Waals surface area contributed by atoms with Crippen LogP contribution in [-0.2, 0) is 14.3 Å². The summed E-state index contributed by atoms with van der Waals surface area (Å²) in [5.41, 5.74) is 4.50. The fraction of sp³-hybridized carbons (Fsp3) is 0.464. The van der Waals surface area contributed by atoms with Crippen LogP contribution in [0.1, 0.15) is 68.9 Å². The lowest BCUT2D eigenvalue weighted by Gasteiger charge is -2.26. The molecule has 2 unspecified atom stereocenters. The molecule has 4 rings (SSSR count). The SMILES string of the molecule is CCC(NC(=O)OCC1c2ccccc2-c2ccccc21)C(=O)NC(CC1CCCCC1)C(=O)O. The van der Waals surface area contributed by atoms with Crippen LogP contribution in [0.4, 0.5) is 4.79 Å². The van der Waals surface area contributed by atoms with Crippen molar-refractivity contribution in [3.8, 4) is 11.1 Å². The third-order valence-electron chi connectivity index (χ3n) is 7.27. The van der Waals surface area contributed by atoms with Crippen LogP contribution in [-0.4, -0.2) is 41.8 Å². The zero-order valence-electron chi connectivity index (χ0n) is 20.2. The Kier molecular flexibility index (Phi) is 8.06. The number of aliphatic carboxylic acids is 1. The maximum atomic E-state index is 12.8. The molecule has 0 heterocycles. The quantitative estimate of drug-likeness (QED) is 0.478. The highest BCUT2D eigenvalue weighted by Crippen LogP contribution is 2.44. The van der Waals surface area contributed by atoms with E-state index in [1.54, 1.807) is 6.92 Å². The normalized spacial score (nSPS) is 17.1. The van der Waals surface area contributed by atoms with Crippen molar-refractivity contribution in [1.82, 2.24) is 10.6 Å². The van der Waals surface area contributed by atoms with E-state index >= 15 is 0 Å². The van der Waals surface area contributed by atoms with Crippen LogP contribution in [0.2, 0.25) is 0 Å². The van der Waals surface area contributed by atoms with Gasteiger partial charge in [-0.15, -0.1) is 0 Å². The van der Waals surface area contributed by atoms with Gasteiger partial charge in [-0.1, -0.05) is 87.6 Å². The van der Waals surface area contributed by atoms with E-state index in [0.717, 1.165) is 47.9 Å². The van der Waals surface area contributed by atoms with E-state index in [-0.39, 0.29) is 12.5 Å². The molecule has 2 aromatic carbocycles. The first kappa shape index (κ1) is 24.8. The number of fused-ring (bicyclic) bond motifs is 3. The molecule has 2 aliphatic rings. The molecule has 2 aromatic rings. The van der Waals surface area contributed by atoms with Crippen LogP contribution in [0.15, 0.2) is 48.5 Å². The average molecular weight is 479 g/mol. The van der Waals surface area contributed by atoms with Crippen molar-refractivity contribution in [3.63, 3.8) is 0 Å². The third-order valence-corrected chi connectivity index (χ3v) is 7.27. The van der Waals surface area contributed by atoms with E-state index in [0.29, 0.717) is 18.8 Å². The van der Waals surface area contributed by atoms with Gasteiger partial charge in [0.05, 0.1) is 0 Å². The monoisotopic (exact) mass is 478 g/mol. The molecule has 1 saturated carbocycles. The minimum Gasteiger partial charge on any atom is -0.480 e. The van der Waals surface area contributed by atoms with Gasteiger partial charge in [0, 0.05) is 5.92 Å². The maximum absolute atomic E-state index is 12.8. The van der Waals surface area contributed by atoms with Gasteiger partial charge < -0.3 is 20.5 Å². The number of benzene rings is 2. The van der Waals surface area contributed by atoms with Gasteiger partial charge in [-0.05, 0) is 41.0 Å². The topological polar surface area (TPSA) is 105 Å². The van der Waals surface area contributed by atoms with Gasteiger partial charge in [-0.2, -0.15) is 0 Å². The molecule has 7 nitrogen and oxygen atoms in total. The van der Waals surface area contributed by atoms with Crippen molar-refractivity contribution >= 4 is 18.0 Å². The highest BCUT2D eigenvalue weighted by molar-refractivity contribution is 5.89. The lowest BCUT2D eigenvalue weighted by Crippen LogP contribution is -2.52. The van der Waals surface area contributed by atoms with Gasteiger partial charge in [0.1, 0.15) is 18.7 Å². The van der Waals surface area contributed by atoms with Crippen LogP contribution in [0.5, 0.6) is 0 Å². The summed E-state index contributed by atoms with van der Waals surface area (Å²) in [6, 6.07) is 14.3. The Bertz CT molecular complexity index is 1020. The predicted octanol–water partition coefficient (Wildman–Crippen LogP) is 4.84. The third kappa shape index (κ3) is 5.84. The standard InChI is InChI=1S/C28H34N2O5/c1-2-24(26(31)29-25(27(32)33)16-18-10-4-3-5-11-18)30-28(34)35-17-23-21-14-8-6-12-19(21)20-13-7-9-15-22(20)23/h6-9,12-15,18,23-25H,2-5,10-11,16-17H2,1H3,(H,29,31)(H,30,34)(H,32,33). The number of hydrogen-bond acceptors (Lipinski definition) is 4. The maximum Gasteiger partial charge on any atom is 0.407 e. The van der Waals surface area contributed by atoms with Crippen LogP contribution >= 0.6 is 0 Å². The molecular formula is C28H34N2O5. The molecule has 0 radical (unpaired) electrons. The highest BCUT2D eigenvalue weighted by atomic mass is 16.5. The second kappa shape index (κ2) is 11.4. The number of alkyl carbamates (subject to hydrolysis) is 1. The van der Waals surface area contributed by atoms with Crippen LogP contribution < -0.4 is 10.6 Å². The molecule has 0 aliphatic heterocycles. The number of amides is 2. The first-order valence-electron chi connectivity index (χ1n) is 12.6. The van der Waals surface area contributed by atoms with E-state index in [2.05, 4.69) is 22.8 Å². The van der Waals surface area contributed by atoms with Gasteiger partial charge in [0.15, 0.2) is 0 Å². The van der Waals surface area contributed by atoms with Gasteiger partial charge in [-0.25, -0.2) is 9.59 Å². The number of carbonyl (C=O) groups excluding carboxylic acids is 2. The summed E-state index contributed by atoms with van der Waals surface area (Å²) in [6.45, 7) is 1.92. The summed E-state index contributed by atoms with van der Waals surface area (Å²) >= 11 is 0. The Balaban J connectivity index is 1.33. The summed E-state index contributed by atoms with van der Waals surface area (Å²) in [5, 5.41) is 14.9. The highest BCUT2D eigenvalue weighted by Gasteiger charge is 2.31. The molecule has 1 fully saturated rings. The van der Waals surface area contributed by atoms with Crippen molar-refractivity contribution < 1.29 is 24.2 Å². The minimum atomic E-state index is -1.04. The molecule has 3 N–H and O–H groups in total. The number of nitrogens with one attached hydrogen (secondary N) is 2. The number of carboxylic acids is 1. The molecular weight excluding hydrogens is 444 g/mol. The van der Waals surface area contributed by atoms with Gasteiger partial charge in [0.25, 0.3) is 0 Å². The summed E-state index contributed by atoms with van der Waals surface area (Å²) in [7, 11) is 0. The number of rotatable bonds is 9. The molecule has 35 heavy (non-hydrogen) atoms. The Hall–Kier alpha value is -3.35. The first-order chi connectivity index (χ1) is 17.0. The summed E-state index contributed by atoms with van der Waals surface area (Å²) in [4.78, 5) is 37.2. The zero-order chi connectivity index (χ0) is 24.8. The van der Waals surface area contributed by atoms with Gasteiger partial charge in [0.2, 0.25) is 5.91 Å². The van der Waals surface area contributed by atoms with Crippen molar-refractivity contribution in [1.29, 1.82) is 0 Å². The van der Waals surface area contributed by atoms with Crippen LogP contribution in [0.25, 0.3) is 11.1 Å². The van der Waals surface area contributed by atoms with Gasteiger partial charge >= 0.3 is 12.1 Å². The fourth-order valence-corrected chi connectivity index (χ4v) is 5.39. The van der Waals surface area contributed by atoms with Crippen molar-refractivity contribution in [2.75, 3.05) is 6.61 Å². The second-order valence-electron chi connectivity index (χ2n) is 9.57. The van der Waals surface area contributed by atoms with E-state index in [4.69, 9.17) is 4.74 Å². The summed E-state index contributed by atoms with van der Waals surface area (Å²) < 4.78 is 5.55. The molecule has 0 aromatic heterocycles. The zero-order valence-corrected chi connectivity index (χ0v) is 20.2. The lowest BCUT2D eigenvalue weighted by atomic mass is 9.85. The minimum absolute atomic E-state index is 0.0751. The second-order valence-corrected chi connectivity index (χ2v) is 9.57. The molecule has 186 valence electrons. The predicted molar refractivity (Wildman–Crippen MR) is 133 cm³/mol. The van der Waals surface area contributed by atoms with Crippen LogP contribution in [0.3, 0.4) is 0 Å². The smallest absolute Gasteiger partial charge is 0.407 e.